The fraction of sp³-hybridized carbons (Fsp3) is 0.400. The number of rotatable bonds is 2. The zero-order chi connectivity index (χ0) is 13.4. The molecule has 0 unspecified atom stereocenters. The SMILES string of the molecule is Cc1noc(C)c1CN1CCCc2c(N)cccc21. The molecule has 1 aromatic carbocycles. The Hall–Kier alpha value is -1.97. The second-order valence-electron chi connectivity index (χ2n) is 5.17. The van der Waals surface area contributed by atoms with E-state index in [-0.39, 0.29) is 0 Å². The van der Waals surface area contributed by atoms with Crippen molar-refractivity contribution in [3.63, 3.8) is 0 Å². The number of benzene rings is 1. The van der Waals surface area contributed by atoms with E-state index >= 15 is 0 Å². The molecule has 0 radical (unpaired) electrons. The number of nitrogen functional groups attached to an aromatic ring is 1. The molecule has 0 spiro atoms. The van der Waals surface area contributed by atoms with Crippen LogP contribution in [0.5, 0.6) is 0 Å². The van der Waals surface area contributed by atoms with Crippen LogP contribution in [-0.4, -0.2) is 11.7 Å². The Morgan fingerprint density at radius 2 is 2.21 bits per heavy atom. The van der Waals surface area contributed by atoms with E-state index < -0.39 is 0 Å². The molecule has 2 N–H and O–H groups in total. The number of hydrogen-bond acceptors (Lipinski definition) is 4. The van der Waals surface area contributed by atoms with E-state index in [9.17, 15) is 0 Å². The number of aromatic nitrogens is 1. The number of hydrogen-bond donors (Lipinski definition) is 1. The summed E-state index contributed by atoms with van der Waals surface area (Å²) >= 11 is 0. The third-order valence-corrected chi connectivity index (χ3v) is 3.91. The van der Waals surface area contributed by atoms with Crippen LogP contribution in [0.2, 0.25) is 0 Å². The predicted molar refractivity (Wildman–Crippen MR) is 76.2 cm³/mol. The average molecular weight is 257 g/mol. The van der Waals surface area contributed by atoms with E-state index in [1.807, 2.05) is 26.0 Å². The molecule has 0 fully saturated rings. The summed E-state index contributed by atoms with van der Waals surface area (Å²) in [6, 6.07) is 6.17. The molecule has 0 bridgehead atoms. The second kappa shape index (κ2) is 4.61. The van der Waals surface area contributed by atoms with Gasteiger partial charge in [0.2, 0.25) is 0 Å². The van der Waals surface area contributed by atoms with Crippen LogP contribution in [0.25, 0.3) is 0 Å². The Bertz CT molecular complexity index is 584. The van der Waals surface area contributed by atoms with Gasteiger partial charge in [0.15, 0.2) is 0 Å². The smallest absolute Gasteiger partial charge is 0.138 e. The van der Waals surface area contributed by atoms with Crippen molar-refractivity contribution in [2.45, 2.75) is 33.2 Å². The van der Waals surface area contributed by atoms with Crippen molar-refractivity contribution in [1.82, 2.24) is 5.16 Å². The van der Waals surface area contributed by atoms with Crippen molar-refractivity contribution in [3.8, 4) is 0 Å². The van der Waals surface area contributed by atoms with Gasteiger partial charge < -0.3 is 15.2 Å². The third-order valence-electron chi connectivity index (χ3n) is 3.91. The molecule has 100 valence electrons. The molecule has 2 aromatic rings. The third kappa shape index (κ3) is 2.07. The van der Waals surface area contributed by atoms with Gasteiger partial charge >= 0.3 is 0 Å². The van der Waals surface area contributed by atoms with Crippen LogP contribution in [0.4, 0.5) is 11.4 Å². The topological polar surface area (TPSA) is 55.3 Å². The Balaban J connectivity index is 1.94. The lowest BCUT2D eigenvalue weighted by molar-refractivity contribution is 0.392. The zero-order valence-electron chi connectivity index (χ0n) is 11.4. The van der Waals surface area contributed by atoms with Crippen LogP contribution in [0.1, 0.15) is 29.0 Å². The molecule has 0 aliphatic carbocycles. The molecule has 19 heavy (non-hydrogen) atoms. The van der Waals surface area contributed by atoms with Gasteiger partial charge in [-0.25, -0.2) is 0 Å². The highest BCUT2D eigenvalue weighted by Crippen LogP contribution is 2.32. The van der Waals surface area contributed by atoms with E-state index in [4.69, 9.17) is 10.3 Å². The number of fused-ring (bicyclic) bond motifs is 1. The first-order chi connectivity index (χ1) is 9.16. The normalized spacial score (nSPS) is 14.5. The van der Waals surface area contributed by atoms with Crippen molar-refractivity contribution < 1.29 is 4.52 Å². The minimum atomic E-state index is 0.845. The van der Waals surface area contributed by atoms with Gasteiger partial charge in [0.1, 0.15) is 5.76 Å². The van der Waals surface area contributed by atoms with Gasteiger partial charge in [0.05, 0.1) is 5.69 Å². The molecular weight excluding hydrogens is 238 g/mol. The lowest BCUT2D eigenvalue weighted by Gasteiger charge is -2.32. The second-order valence-corrected chi connectivity index (χ2v) is 5.17. The Labute approximate surface area is 113 Å². The fourth-order valence-corrected chi connectivity index (χ4v) is 2.81. The molecule has 0 saturated heterocycles. The Morgan fingerprint density at radius 3 is 2.95 bits per heavy atom. The average Bonchev–Trinajstić information content (AvgIpc) is 2.72. The van der Waals surface area contributed by atoms with Gasteiger partial charge in [-0.15, -0.1) is 0 Å². The summed E-state index contributed by atoms with van der Waals surface area (Å²) in [5, 5.41) is 4.03. The maximum Gasteiger partial charge on any atom is 0.138 e. The largest absolute Gasteiger partial charge is 0.398 e. The van der Waals surface area contributed by atoms with Crippen molar-refractivity contribution in [1.29, 1.82) is 0 Å². The first kappa shape index (κ1) is 12.1. The van der Waals surface area contributed by atoms with Crippen LogP contribution in [0.15, 0.2) is 22.7 Å². The van der Waals surface area contributed by atoms with Crippen molar-refractivity contribution in [2.24, 2.45) is 0 Å². The highest BCUT2D eigenvalue weighted by Gasteiger charge is 2.21. The van der Waals surface area contributed by atoms with Gasteiger partial charge in [0.25, 0.3) is 0 Å². The highest BCUT2D eigenvalue weighted by molar-refractivity contribution is 5.66. The minimum absolute atomic E-state index is 0.845. The van der Waals surface area contributed by atoms with Gasteiger partial charge in [-0.3, -0.25) is 0 Å². The summed E-state index contributed by atoms with van der Waals surface area (Å²) < 4.78 is 5.25. The van der Waals surface area contributed by atoms with E-state index in [1.54, 1.807) is 0 Å². The number of nitrogens with two attached hydrogens (primary N) is 1. The molecule has 0 amide bonds. The maximum absolute atomic E-state index is 6.08. The number of nitrogens with zero attached hydrogens (tertiary/aromatic N) is 2. The van der Waals surface area contributed by atoms with E-state index in [2.05, 4.69) is 16.1 Å². The number of anilines is 2. The summed E-state index contributed by atoms with van der Waals surface area (Å²) in [5.41, 5.74) is 11.7. The summed E-state index contributed by atoms with van der Waals surface area (Å²) in [6.07, 6.45) is 2.21. The molecule has 0 saturated carbocycles. The molecule has 2 heterocycles. The Kier molecular flexibility index (Phi) is 2.93. The molecule has 0 atom stereocenters. The summed E-state index contributed by atoms with van der Waals surface area (Å²) in [7, 11) is 0. The first-order valence-corrected chi connectivity index (χ1v) is 6.71. The van der Waals surface area contributed by atoms with E-state index in [0.717, 1.165) is 43.1 Å². The first-order valence-electron chi connectivity index (χ1n) is 6.71. The molecule has 1 aromatic heterocycles. The summed E-state index contributed by atoms with van der Waals surface area (Å²) in [5.74, 6) is 0.911. The van der Waals surface area contributed by atoms with Crippen LogP contribution in [-0.2, 0) is 13.0 Å². The van der Waals surface area contributed by atoms with Crippen LogP contribution < -0.4 is 10.6 Å². The van der Waals surface area contributed by atoms with Crippen LogP contribution in [0, 0.1) is 13.8 Å². The standard InChI is InChI=1S/C15H19N3O/c1-10-13(11(2)19-17-10)9-18-8-4-5-12-14(16)6-3-7-15(12)18/h3,6-7H,4-5,8-9,16H2,1-2H3. The zero-order valence-corrected chi connectivity index (χ0v) is 11.4. The predicted octanol–water partition coefficient (Wildman–Crippen LogP) is 2.83. The summed E-state index contributed by atoms with van der Waals surface area (Å²) in [6.45, 7) is 5.87. The van der Waals surface area contributed by atoms with Crippen LogP contribution in [0.3, 0.4) is 0 Å². The van der Waals surface area contributed by atoms with E-state index in [0.29, 0.717) is 0 Å². The molecule has 4 nitrogen and oxygen atoms in total. The lowest BCUT2D eigenvalue weighted by atomic mass is 9.99. The van der Waals surface area contributed by atoms with Crippen molar-refractivity contribution in [3.05, 3.63) is 40.8 Å². The molecule has 1 aliphatic heterocycles. The van der Waals surface area contributed by atoms with Crippen molar-refractivity contribution in [2.75, 3.05) is 17.2 Å². The monoisotopic (exact) mass is 257 g/mol. The summed E-state index contributed by atoms with van der Waals surface area (Å²) in [4.78, 5) is 2.38. The lowest BCUT2D eigenvalue weighted by Crippen LogP contribution is -2.29. The molecule has 3 rings (SSSR count). The van der Waals surface area contributed by atoms with Gasteiger partial charge in [-0.2, -0.15) is 0 Å². The van der Waals surface area contributed by atoms with Crippen molar-refractivity contribution >= 4 is 11.4 Å². The molecular formula is C15H19N3O. The highest BCUT2D eigenvalue weighted by atomic mass is 16.5. The van der Waals surface area contributed by atoms with Gasteiger partial charge in [-0.05, 0) is 44.4 Å². The van der Waals surface area contributed by atoms with Gasteiger partial charge in [0, 0.05) is 30.0 Å². The van der Waals surface area contributed by atoms with Gasteiger partial charge in [-0.1, -0.05) is 11.2 Å². The maximum atomic E-state index is 6.08. The minimum Gasteiger partial charge on any atom is -0.398 e. The van der Waals surface area contributed by atoms with E-state index in [1.165, 1.54) is 16.8 Å². The number of aryl methyl sites for hydroxylation is 2. The van der Waals surface area contributed by atoms with Crippen LogP contribution >= 0.6 is 0 Å². The Morgan fingerprint density at radius 1 is 1.37 bits per heavy atom. The quantitative estimate of drug-likeness (QED) is 0.840. The molecule has 1 aliphatic rings. The fourth-order valence-electron chi connectivity index (χ4n) is 2.81. The molecule has 4 heteroatoms.